The summed E-state index contributed by atoms with van der Waals surface area (Å²) in [6.45, 7) is 29.4. The first-order valence-corrected chi connectivity index (χ1v) is 23.8. The van der Waals surface area contributed by atoms with Crippen LogP contribution < -0.4 is 18.9 Å². The minimum Gasteiger partial charge on any atom is -0.482 e. The highest BCUT2D eigenvalue weighted by Gasteiger charge is 2.78. The van der Waals surface area contributed by atoms with E-state index in [9.17, 15) is 0 Å². The Morgan fingerprint density at radius 3 is 0.982 bits per heavy atom. The molecule has 8 fully saturated rings. The maximum absolute atomic E-state index is 7.72. The van der Waals surface area contributed by atoms with Crippen LogP contribution in [0.5, 0.6) is 23.0 Å². The number of hydrogen-bond acceptors (Lipinski definition) is 4. The van der Waals surface area contributed by atoms with Gasteiger partial charge in [-0.2, -0.15) is 0 Å². The van der Waals surface area contributed by atoms with Crippen molar-refractivity contribution in [1.29, 1.82) is 0 Å². The van der Waals surface area contributed by atoms with Crippen molar-refractivity contribution in [3.8, 4) is 23.0 Å². The van der Waals surface area contributed by atoms with E-state index < -0.39 is 0 Å². The molecule has 0 bridgehead atoms. The van der Waals surface area contributed by atoms with Crippen LogP contribution >= 0.6 is 0 Å². The molecule has 0 saturated heterocycles. The predicted octanol–water partition coefficient (Wildman–Crippen LogP) is 13.7. The number of para-hydroxylation sites is 2. The predicted molar refractivity (Wildman–Crippen MR) is 230 cm³/mol. The lowest BCUT2D eigenvalue weighted by atomic mass is 9.87. The highest BCUT2D eigenvalue weighted by molar-refractivity contribution is 5.56. The van der Waals surface area contributed by atoms with Crippen LogP contribution in [0.2, 0.25) is 0 Å². The van der Waals surface area contributed by atoms with E-state index in [2.05, 4.69) is 119 Å². The highest BCUT2D eigenvalue weighted by Crippen LogP contribution is 2.75. The van der Waals surface area contributed by atoms with Crippen LogP contribution in [0.1, 0.15) is 171 Å². The van der Waals surface area contributed by atoms with Gasteiger partial charge < -0.3 is 18.9 Å². The van der Waals surface area contributed by atoms with Crippen LogP contribution in [0, 0.1) is 69.0 Å². The van der Waals surface area contributed by atoms with Gasteiger partial charge >= 0.3 is 0 Å². The molecule has 0 aromatic heterocycles. The fraction of sp³-hybridized carbons (Fsp3) is 0.774. The molecule has 0 aliphatic heterocycles. The van der Waals surface area contributed by atoms with Gasteiger partial charge in [0.25, 0.3) is 0 Å². The topological polar surface area (TPSA) is 36.9 Å². The molecular formula is C53H76O4. The minimum absolute atomic E-state index is 0.132. The van der Waals surface area contributed by atoms with Gasteiger partial charge in [0, 0.05) is 62.9 Å². The van der Waals surface area contributed by atoms with Crippen molar-refractivity contribution in [3.05, 3.63) is 47.5 Å². The second-order valence-corrected chi connectivity index (χ2v) is 24.3. The summed E-state index contributed by atoms with van der Waals surface area (Å²) in [7, 11) is 0. The molecule has 0 heterocycles. The summed E-state index contributed by atoms with van der Waals surface area (Å²) in [5.41, 5.74) is 2.43. The van der Waals surface area contributed by atoms with Gasteiger partial charge in [0.15, 0.2) is 23.0 Å². The monoisotopic (exact) mass is 777 g/mol. The normalized spacial score (nSPS) is 44.6. The number of ether oxygens (including phenoxy) is 4. The van der Waals surface area contributed by atoms with Gasteiger partial charge in [0.2, 0.25) is 0 Å². The highest BCUT2D eigenvalue weighted by atomic mass is 16.6. The van der Waals surface area contributed by atoms with Crippen LogP contribution in [0.25, 0.3) is 0 Å². The lowest BCUT2D eigenvalue weighted by Crippen LogP contribution is -2.34. The summed E-state index contributed by atoms with van der Waals surface area (Å²) in [5, 5.41) is 0. The van der Waals surface area contributed by atoms with Crippen molar-refractivity contribution in [2.45, 2.75) is 189 Å². The molecule has 0 amide bonds. The summed E-state index contributed by atoms with van der Waals surface area (Å²) >= 11 is 0. The van der Waals surface area contributed by atoms with Crippen LogP contribution in [-0.2, 0) is 6.42 Å². The van der Waals surface area contributed by atoms with E-state index >= 15 is 0 Å². The maximum atomic E-state index is 7.72. The van der Waals surface area contributed by atoms with Crippen molar-refractivity contribution in [2.24, 2.45) is 69.0 Å². The van der Waals surface area contributed by atoms with E-state index in [0.29, 0.717) is 47.3 Å². The minimum atomic E-state index is -0.162. The average molecular weight is 777 g/mol. The quantitative estimate of drug-likeness (QED) is 0.241. The van der Waals surface area contributed by atoms with Gasteiger partial charge in [-0.05, 0) is 87.2 Å². The smallest absolute Gasteiger partial charge is 0.165 e. The molecule has 4 heteroatoms. The second kappa shape index (κ2) is 12.1. The van der Waals surface area contributed by atoms with Crippen molar-refractivity contribution in [3.63, 3.8) is 0 Å². The van der Waals surface area contributed by atoms with Crippen LogP contribution in [0.15, 0.2) is 36.4 Å². The number of rotatable bonds is 10. The van der Waals surface area contributed by atoms with E-state index in [1.54, 1.807) is 0 Å². The molecule has 8 aliphatic carbocycles. The standard InChI is InChI=1S/C53H76O4/c1-32-19-23-40-46(5,6)50(40,28-32)54-38-17-13-15-36(44(38)56-52-30-34(3)21-25-42(52)48(52,9)10)27-37-16-14-18-39(55-51-29-33(2)20-24-41(51)47(51,7)8)45(37)57-53-31-35(4)22-26-43(53)49(53,11)12/h13-18,32-35,40-43H,19-31H2,1-12H3. The summed E-state index contributed by atoms with van der Waals surface area (Å²) in [5.74, 6) is 8.88. The fourth-order valence-corrected chi connectivity index (χ4v) is 15.7. The molecule has 0 spiro atoms. The van der Waals surface area contributed by atoms with Crippen LogP contribution in [0.3, 0.4) is 0 Å². The van der Waals surface area contributed by atoms with Gasteiger partial charge in [0.05, 0.1) is 0 Å². The van der Waals surface area contributed by atoms with Crippen LogP contribution in [0.4, 0.5) is 0 Å². The molecule has 2 aromatic carbocycles. The second-order valence-electron chi connectivity index (χ2n) is 24.3. The molecule has 10 rings (SSSR count). The Morgan fingerprint density at radius 2 is 0.684 bits per heavy atom. The SMILES string of the molecule is CC1CCC2C(C)(C)C2(Oc2cccc(Cc3cccc(OC45CC(C)CCC4C5(C)C)c3OC34CC(C)CCC3C4(C)C)c2OC23CC(C)CCC2C3(C)C)C1. The molecule has 57 heavy (non-hydrogen) atoms. The number of fused-ring (bicyclic) bond motifs is 4. The Labute approximate surface area is 346 Å². The molecule has 8 saturated carbocycles. The zero-order chi connectivity index (χ0) is 40.3. The first-order chi connectivity index (χ1) is 26.8. The lowest BCUT2D eigenvalue weighted by Gasteiger charge is -2.34. The Morgan fingerprint density at radius 1 is 0.404 bits per heavy atom. The Hall–Kier alpha value is -2.36. The summed E-state index contributed by atoms with van der Waals surface area (Å²) < 4.78 is 30.5. The van der Waals surface area contributed by atoms with Gasteiger partial charge in [0.1, 0.15) is 22.4 Å². The third-order valence-corrected chi connectivity index (χ3v) is 19.8. The zero-order valence-corrected chi connectivity index (χ0v) is 37.9. The summed E-state index contributed by atoms with van der Waals surface area (Å²) in [6, 6.07) is 13.6. The van der Waals surface area contributed by atoms with Crippen molar-refractivity contribution in [1.82, 2.24) is 0 Å². The maximum Gasteiger partial charge on any atom is 0.165 e. The van der Waals surface area contributed by atoms with E-state index in [4.69, 9.17) is 18.9 Å². The van der Waals surface area contributed by atoms with Gasteiger partial charge in [-0.1, -0.05) is 133 Å². The third-order valence-electron chi connectivity index (χ3n) is 19.8. The molecule has 2 aromatic rings. The summed E-state index contributed by atoms with van der Waals surface area (Å²) in [4.78, 5) is 0. The van der Waals surface area contributed by atoms with E-state index in [1.165, 1.54) is 62.5 Å². The third kappa shape index (κ3) is 5.21. The summed E-state index contributed by atoms with van der Waals surface area (Å²) in [6.07, 6.45) is 15.4. The zero-order valence-electron chi connectivity index (χ0n) is 37.9. The molecule has 0 radical (unpaired) electrons. The molecule has 12 atom stereocenters. The van der Waals surface area contributed by atoms with Crippen molar-refractivity contribution < 1.29 is 18.9 Å². The van der Waals surface area contributed by atoms with E-state index in [0.717, 1.165) is 55.1 Å². The van der Waals surface area contributed by atoms with Gasteiger partial charge in [-0.15, -0.1) is 0 Å². The molecule has 0 N–H and O–H groups in total. The van der Waals surface area contributed by atoms with Gasteiger partial charge in [-0.25, -0.2) is 0 Å². The first-order valence-electron chi connectivity index (χ1n) is 23.8. The molecule has 8 aliphatic rings. The molecule has 4 nitrogen and oxygen atoms in total. The number of benzene rings is 2. The molecular weight excluding hydrogens is 701 g/mol. The number of hydrogen-bond donors (Lipinski definition) is 0. The fourth-order valence-electron chi connectivity index (χ4n) is 15.7. The Bertz CT molecular complexity index is 1800. The van der Waals surface area contributed by atoms with Crippen LogP contribution in [-0.4, -0.2) is 22.4 Å². The van der Waals surface area contributed by atoms with E-state index in [1.807, 2.05) is 0 Å². The largest absolute Gasteiger partial charge is 0.482 e. The average Bonchev–Trinajstić information content (AvgIpc) is 4.03. The Kier molecular flexibility index (Phi) is 8.27. The Balaban J connectivity index is 1.08. The van der Waals surface area contributed by atoms with Crippen molar-refractivity contribution >= 4 is 0 Å². The molecule has 12 unspecified atom stereocenters. The van der Waals surface area contributed by atoms with Gasteiger partial charge in [-0.3, -0.25) is 0 Å². The van der Waals surface area contributed by atoms with Crippen molar-refractivity contribution in [2.75, 3.05) is 0 Å². The molecule has 312 valence electrons. The first kappa shape index (κ1) is 38.8. The lowest BCUT2D eigenvalue weighted by molar-refractivity contribution is 0.0559. The van der Waals surface area contributed by atoms with E-state index in [-0.39, 0.29) is 44.1 Å².